The Balaban J connectivity index is 1.88. The number of nitrogens with one attached hydrogen (secondary N) is 1. The Kier molecular flexibility index (Phi) is 6.50. The quantitative estimate of drug-likeness (QED) is 0.738. The van der Waals surface area contributed by atoms with Crippen molar-refractivity contribution in [1.29, 1.82) is 0 Å². The Morgan fingerprint density at radius 3 is 2.57 bits per heavy atom. The van der Waals surface area contributed by atoms with Gasteiger partial charge in [0.2, 0.25) is 0 Å². The van der Waals surface area contributed by atoms with Gasteiger partial charge in [-0.15, -0.1) is 0 Å². The number of halogens is 3. The van der Waals surface area contributed by atoms with Gasteiger partial charge in [0.25, 0.3) is 5.91 Å². The molecule has 1 saturated heterocycles. The van der Waals surface area contributed by atoms with Gasteiger partial charge in [0.1, 0.15) is 11.4 Å². The van der Waals surface area contributed by atoms with Crippen LogP contribution < -0.4 is 15.0 Å². The van der Waals surface area contributed by atoms with Crippen LogP contribution in [0, 0.1) is 5.92 Å². The molecular formula is C21H24F3N3O3. The van der Waals surface area contributed by atoms with Crippen LogP contribution in [0.15, 0.2) is 36.4 Å². The van der Waals surface area contributed by atoms with Crippen LogP contribution in [0.5, 0.6) is 11.5 Å². The molecule has 0 radical (unpaired) electrons. The summed E-state index contributed by atoms with van der Waals surface area (Å²) < 4.78 is 44.1. The molecule has 1 aromatic heterocycles. The van der Waals surface area contributed by atoms with E-state index >= 15 is 0 Å². The third-order valence-corrected chi connectivity index (χ3v) is 4.86. The zero-order valence-electron chi connectivity index (χ0n) is 16.7. The third kappa shape index (κ3) is 5.21. The topological polar surface area (TPSA) is 74.7 Å². The molecule has 2 aromatic rings. The van der Waals surface area contributed by atoms with Crippen molar-refractivity contribution < 1.29 is 27.8 Å². The molecule has 1 fully saturated rings. The minimum atomic E-state index is -4.42. The number of alkyl halides is 3. The van der Waals surface area contributed by atoms with Crippen molar-refractivity contribution in [2.75, 3.05) is 24.6 Å². The second-order valence-corrected chi connectivity index (χ2v) is 7.54. The number of amides is 1. The van der Waals surface area contributed by atoms with Gasteiger partial charge in [0, 0.05) is 19.1 Å². The van der Waals surface area contributed by atoms with Gasteiger partial charge in [-0.2, -0.15) is 13.2 Å². The monoisotopic (exact) mass is 423 g/mol. The summed E-state index contributed by atoms with van der Waals surface area (Å²) in [5.74, 6) is 1.08. The molecule has 2 N–H and O–H groups in total. The highest BCUT2D eigenvalue weighted by atomic mass is 19.4. The lowest BCUT2D eigenvalue weighted by molar-refractivity contribution is -0.137. The van der Waals surface area contributed by atoms with Gasteiger partial charge in [0.15, 0.2) is 11.6 Å². The molecule has 9 heteroatoms. The smallest absolute Gasteiger partial charge is 0.416 e. The van der Waals surface area contributed by atoms with E-state index in [4.69, 9.17) is 9.84 Å². The predicted octanol–water partition coefficient (Wildman–Crippen LogP) is 3.85. The summed E-state index contributed by atoms with van der Waals surface area (Å²) in [4.78, 5) is 18.8. The lowest BCUT2D eigenvalue weighted by Gasteiger charge is -2.21. The number of anilines is 1. The van der Waals surface area contributed by atoms with Crippen LogP contribution in [0.25, 0.3) is 0 Å². The number of ether oxygens (including phenoxy) is 1. The first-order chi connectivity index (χ1) is 14.2. The minimum absolute atomic E-state index is 0.171. The molecule has 1 aromatic carbocycles. The molecule has 1 aliphatic heterocycles. The molecule has 0 unspecified atom stereocenters. The van der Waals surface area contributed by atoms with Crippen molar-refractivity contribution in [1.82, 2.24) is 10.3 Å². The van der Waals surface area contributed by atoms with E-state index < -0.39 is 23.7 Å². The maximum absolute atomic E-state index is 12.8. The van der Waals surface area contributed by atoms with E-state index in [0.29, 0.717) is 17.5 Å². The van der Waals surface area contributed by atoms with Crippen LogP contribution in [0.3, 0.4) is 0 Å². The number of benzene rings is 1. The van der Waals surface area contributed by atoms with E-state index in [9.17, 15) is 18.0 Å². The van der Waals surface area contributed by atoms with E-state index in [1.54, 1.807) is 13.0 Å². The fourth-order valence-corrected chi connectivity index (χ4v) is 3.18. The molecule has 2 heterocycles. The molecule has 0 saturated carbocycles. The van der Waals surface area contributed by atoms with E-state index in [0.717, 1.165) is 31.6 Å². The Morgan fingerprint density at radius 2 is 2.00 bits per heavy atom. The number of aliphatic hydroxyl groups excluding tert-OH is 1. The number of aromatic nitrogens is 1. The lowest BCUT2D eigenvalue weighted by atomic mass is 10.2. The number of hydrogen-bond acceptors (Lipinski definition) is 5. The van der Waals surface area contributed by atoms with E-state index in [1.165, 1.54) is 18.2 Å². The average Bonchev–Trinajstić information content (AvgIpc) is 3.14. The first kappa shape index (κ1) is 21.9. The summed E-state index contributed by atoms with van der Waals surface area (Å²) in [6, 6.07) is 7.07. The largest absolute Gasteiger partial charge is 0.453 e. The molecule has 162 valence electrons. The summed E-state index contributed by atoms with van der Waals surface area (Å²) in [7, 11) is 0. The summed E-state index contributed by atoms with van der Waals surface area (Å²) in [6.07, 6.45) is -3.46. The van der Waals surface area contributed by atoms with Gasteiger partial charge in [-0.05, 0) is 55.7 Å². The van der Waals surface area contributed by atoms with Crippen molar-refractivity contribution in [2.24, 2.45) is 5.92 Å². The Hall–Kier alpha value is -2.81. The molecule has 3 rings (SSSR count). The SMILES string of the molecule is C[C@H]1CCN(c2nc(C(=O)N[C@H](C)CO)ccc2Oc2ccc(C(F)(F)F)cc2)C1. The highest BCUT2D eigenvalue weighted by molar-refractivity contribution is 5.93. The second-order valence-electron chi connectivity index (χ2n) is 7.54. The van der Waals surface area contributed by atoms with Crippen LogP contribution in [0.1, 0.15) is 36.3 Å². The number of nitrogens with zero attached hydrogens (tertiary/aromatic N) is 2. The van der Waals surface area contributed by atoms with Gasteiger partial charge >= 0.3 is 6.18 Å². The Morgan fingerprint density at radius 1 is 1.30 bits per heavy atom. The maximum atomic E-state index is 12.8. The maximum Gasteiger partial charge on any atom is 0.416 e. The molecule has 1 amide bonds. The lowest BCUT2D eigenvalue weighted by Crippen LogP contribution is -2.35. The first-order valence-electron chi connectivity index (χ1n) is 9.70. The van der Waals surface area contributed by atoms with Crippen molar-refractivity contribution >= 4 is 11.7 Å². The van der Waals surface area contributed by atoms with Crippen LogP contribution in [-0.4, -0.2) is 41.7 Å². The van der Waals surface area contributed by atoms with Crippen LogP contribution >= 0.6 is 0 Å². The predicted molar refractivity (Wildman–Crippen MR) is 106 cm³/mol. The summed E-state index contributed by atoms with van der Waals surface area (Å²) in [5, 5.41) is 11.8. The van der Waals surface area contributed by atoms with Gasteiger partial charge in [-0.3, -0.25) is 4.79 Å². The van der Waals surface area contributed by atoms with Crippen molar-refractivity contribution in [3.05, 3.63) is 47.7 Å². The second kappa shape index (κ2) is 8.91. The van der Waals surface area contributed by atoms with Crippen LogP contribution in [0.4, 0.5) is 19.0 Å². The molecule has 30 heavy (non-hydrogen) atoms. The van der Waals surface area contributed by atoms with Crippen LogP contribution in [-0.2, 0) is 6.18 Å². The number of pyridine rings is 1. The molecule has 6 nitrogen and oxygen atoms in total. The normalized spacial score (nSPS) is 17.7. The van der Waals surface area contributed by atoms with Gasteiger partial charge in [-0.25, -0.2) is 4.98 Å². The van der Waals surface area contributed by atoms with E-state index in [-0.39, 0.29) is 18.1 Å². The summed E-state index contributed by atoms with van der Waals surface area (Å²) in [5.41, 5.74) is -0.587. The molecule has 0 spiro atoms. The number of hydrogen-bond donors (Lipinski definition) is 2. The molecule has 0 aliphatic carbocycles. The van der Waals surface area contributed by atoms with Gasteiger partial charge < -0.3 is 20.1 Å². The third-order valence-electron chi connectivity index (χ3n) is 4.86. The number of carbonyl (C=O) groups is 1. The first-order valence-corrected chi connectivity index (χ1v) is 9.70. The number of carbonyl (C=O) groups excluding carboxylic acids is 1. The average molecular weight is 423 g/mol. The van der Waals surface area contributed by atoms with E-state index in [1.807, 2.05) is 4.90 Å². The fourth-order valence-electron chi connectivity index (χ4n) is 3.18. The molecule has 1 aliphatic rings. The van der Waals surface area contributed by atoms with Crippen molar-refractivity contribution in [2.45, 2.75) is 32.5 Å². The van der Waals surface area contributed by atoms with Gasteiger partial charge in [0.05, 0.1) is 12.2 Å². The zero-order valence-corrected chi connectivity index (χ0v) is 16.7. The standard InChI is InChI=1S/C21H24F3N3O3/c1-13-9-10-27(11-13)19-18(8-7-17(26-19)20(29)25-14(2)12-28)30-16-5-3-15(4-6-16)21(22,23)24/h3-8,13-14,28H,9-12H2,1-2H3,(H,25,29)/t13-,14+/m0/s1. The summed E-state index contributed by atoms with van der Waals surface area (Å²) >= 11 is 0. The minimum Gasteiger partial charge on any atom is -0.453 e. The molecular weight excluding hydrogens is 399 g/mol. The molecule has 2 atom stereocenters. The van der Waals surface area contributed by atoms with Gasteiger partial charge in [-0.1, -0.05) is 6.92 Å². The Labute approximate surface area is 172 Å². The summed E-state index contributed by atoms with van der Waals surface area (Å²) in [6.45, 7) is 5.04. The highest BCUT2D eigenvalue weighted by Crippen LogP contribution is 2.35. The zero-order chi connectivity index (χ0) is 21.9. The van der Waals surface area contributed by atoms with Crippen molar-refractivity contribution in [3.8, 4) is 11.5 Å². The Bertz CT molecular complexity index is 887. The van der Waals surface area contributed by atoms with E-state index in [2.05, 4.69) is 17.2 Å². The van der Waals surface area contributed by atoms with Crippen molar-refractivity contribution in [3.63, 3.8) is 0 Å². The number of aliphatic hydroxyl groups is 1. The highest BCUT2D eigenvalue weighted by Gasteiger charge is 2.30. The number of rotatable bonds is 6. The fraction of sp³-hybridized carbons (Fsp3) is 0.429. The molecule has 0 bridgehead atoms. The van der Waals surface area contributed by atoms with Crippen LogP contribution in [0.2, 0.25) is 0 Å².